The van der Waals surface area contributed by atoms with Gasteiger partial charge in [-0.2, -0.15) is 18.3 Å². The van der Waals surface area contributed by atoms with Crippen LogP contribution in [0.2, 0.25) is 0 Å². The lowest BCUT2D eigenvalue weighted by molar-refractivity contribution is -0.192. The van der Waals surface area contributed by atoms with Crippen molar-refractivity contribution in [3.8, 4) is 5.75 Å². The van der Waals surface area contributed by atoms with Crippen molar-refractivity contribution >= 4 is 38.6 Å². The standard InChI is InChI=1S/C25H25FN4O4S.C2HF3O2/c1-16-10-11-20(13-21(16)26)35(32,33)29-25-24-22(8-5-9-23(24)34-3)30(28-25)15-19-7-4-6-18(12-19)14-27-17(2)31;3-2(4,5)1(6)7/h4-13H,14-15H2,1-3H3,(H,27,31)(H,28,29);(H,6,7). The van der Waals surface area contributed by atoms with Crippen molar-refractivity contribution in [2.24, 2.45) is 0 Å². The number of rotatable bonds is 8. The fourth-order valence-corrected chi connectivity index (χ4v) is 4.74. The molecule has 1 heterocycles. The summed E-state index contributed by atoms with van der Waals surface area (Å²) in [5, 5.41) is 14.9. The number of carboxylic acids is 1. The molecular weight excluding hydrogens is 584 g/mol. The van der Waals surface area contributed by atoms with Gasteiger partial charge in [0.2, 0.25) is 5.91 Å². The number of carbonyl (C=O) groups excluding carboxylic acids is 1. The van der Waals surface area contributed by atoms with E-state index in [-0.39, 0.29) is 16.6 Å². The number of nitrogens with one attached hydrogen (secondary N) is 2. The highest BCUT2D eigenvalue weighted by Gasteiger charge is 2.38. The number of anilines is 1. The minimum Gasteiger partial charge on any atom is -0.496 e. The van der Waals surface area contributed by atoms with Crippen molar-refractivity contribution in [2.45, 2.75) is 38.0 Å². The number of carbonyl (C=O) groups is 2. The van der Waals surface area contributed by atoms with Gasteiger partial charge in [-0.1, -0.05) is 36.4 Å². The van der Waals surface area contributed by atoms with Crippen LogP contribution in [-0.2, 0) is 32.7 Å². The van der Waals surface area contributed by atoms with E-state index in [0.29, 0.717) is 35.3 Å². The topological polar surface area (TPSA) is 140 Å². The number of ether oxygens (including phenoxy) is 1. The Balaban J connectivity index is 0.000000616. The number of fused-ring (bicyclic) bond motifs is 1. The number of alkyl halides is 3. The highest BCUT2D eigenvalue weighted by molar-refractivity contribution is 7.92. The lowest BCUT2D eigenvalue weighted by atomic mass is 10.1. The maximum atomic E-state index is 14.0. The number of sulfonamides is 1. The molecule has 4 aromatic rings. The number of aromatic nitrogens is 2. The van der Waals surface area contributed by atoms with Crippen molar-refractivity contribution < 1.29 is 45.4 Å². The third-order valence-electron chi connectivity index (χ3n) is 5.75. The molecule has 0 saturated heterocycles. The minimum atomic E-state index is -5.08. The Labute approximate surface area is 238 Å². The summed E-state index contributed by atoms with van der Waals surface area (Å²) in [6.07, 6.45) is -5.08. The zero-order valence-corrected chi connectivity index (χ0v) is 23.3. The molecular formula is C27H26F4N4O6S. The van der Waals surface area contributed by atoms with Gasteiger partial charge >= 0.3 is 12.1 Å². The van der Waals surface area contributed by atoms with E-state index in [0.717, 1.165) is 17.2 Å². The van der Waals surface area contributed by atoms with E-state index in [1.165, 1.54) is 26.2 Å². The molecule has 15 heteroatoms. The molecule has 0 spiro atoms. The van der Waals surface area contributed by atoms with E-state index in [9.17, 15) is 30.8 Å². The largest absolute Gasteiger partial charge is 0.496 e. The van der Waals surface area contributed by atoms with Gasteiger partial charge in [-0.25, -0.2) is 17.6 Å². The molecule has 0 atom stereocenters. The van der Waals surface area contributed by atoms with Gasteiger partial charge in [0, 0.05) is 13.5 Å². The van der Waals surface area contributed by atoms with Crippen LogP contribution in [0.25, 0.3) is 10.9 Å². The van der Waals surface area contributed by atoms with Gasteiger partial charge in [0.25, 0.3) is 10.0 Å². The Morgan fingerprint density at radius 3 is 2.29 bits per heavy atom. The highest BCUT2D eigenvalue weighted by Crippen LogP contribution is 2.34. The Morgan fingerprint density at radius 1 is 1.05 bits per heavy atom. The van der Waals surface area contributed by atoms with Gasteiger partial charge in [-0.05, 0) is 47.9 Å². The molecule has 10 nitrogen and oxygen atoms in total. The summed E-state index contributed by atoms with van der Waals surface area (Å²) in [5.74, 6) is -2.97. The van der Waals surface area contributed by atoms with Gasteiger partial charge in [-0.15, -0.1) is 0 Å². The second kappa shape index (κ2) is 12.9. The molecule has 1 aromatic heterocycles. The number of carboxylic acid groups (broad SMARTS) is 1. The molecule has 0 aliphatic heterocycles. The van der Waals surface area contributed by atoms with Crippen LogP contribution in [0.5, 0.6) is 5.75 Å². The van der Waals surface area contributed by atoms with E-state index < -0.39 is 28.0 Å². The number of aliphatic carboxylic acids is 1. The monoisotopic (exact) mass is 610 g/mol. The predicted octanol–water partition coefficient (Wildman–Crippen LogP) is 4.61. The maximum Gasteiger partial charge on any atom is 0.490 e. The van der Waals surface area contributed by atoms with E-state index >= 15 is 0 Å². The van der Waals surface area contributed by atoms with Gasteiger partial charge in [0.15, 0.2) is 5.82 Å². The number of nitrogens with zero attached hydrogens (tertiary/aromatic N) is 2. The third-order valence-corrected chi connectivity index (χ3v) is 7.09. The van der Waals surface area contributed by atoms with Gasteiger partial charge in [-0.3, -0.25) is 14.2 Å². The Morgan fingerprint density at radius 2 is 1.69 bits per heavy atom. The first-order chi connectivity index (χ1) is 19.6. The number of hydrogen-bond donors (Lipinski definition) is 3. The van der Waals surface area contributed by atoms with Crippen molar-refractivity contribution in [3.05, 3.63) is 83.2 Å². The highest BCUT2D eigenvalue weighted by atomic mass is 32.2. The van der Waals surface area contributed by atoms with E-state index in [4.69, 9.17) is 14.6 Å². The Kier molecular flexibility index (Phi) is 9.78. The molecule has 0 saturated carbocycles. The fourth-order valence-electron chi connectivity index (χ4n) is 3.72. The average Bonchev–Trinajstić information content (AvgIpc) is 3.25. The third kappa shape index (κ3) is 7.96. The number of amides is 1. The van der Waals surface area contributed by atoms with Crippen LogP contribution in [0.15, 0.2) is 65.6 Å². The number of benzene rings is 3. The average molecular weight is 611 g/mol. The first-order valence-electron chi connectivity index (χ1n) is 12.1. The maximum absolute atomic E-state index is 14.0. The van der Waals surface area contributed by atoms with Crippen LogP contribution < -0.4 is 14.8 Å². The van der Waals surface area contributed by atoms with Gasteiger partial charge in [0.05, 0.1) is 29.5 Å². The lowest BCUT2D eigenvalue weighted by Gasteiger charge is -2.08. The molecule has 0 unspecified atom stereocenters. The van der Waals surface area contributed by atoms with Crippen molar-refractivity contribution in [1.82, 2.24) is 15.1 Å². The molecule has 3 N–H and O–H groups in total. The van der Waals surface area contributed by atoms with Crippen molar-refractivity contribution in [1.29, 1.82) is 0 Å². The molecule has 0 bridgehead atoms. The number of hydrogen-bond acceptors (Lipinski definition) is 6. The summed E-state index contributed by atoms with van der Waals surface area (Å²) >= 11 is 0. The first-order valence-corrected chi connectivity index (χ1v) is 13.6. The minimum absolute atomic E-state index is 0.0767. The number of methoxy groups -OCH3 is 1. The quantitative estimate of drug-likeness (QED) is 0.248. The van der Waals surface area contributed by atoms with E-state index in [1.807, 2.05) is 30.3 Å². The molecule has 0 fully saturated rings. The SMILES string of the molecule is COc1cccc2c1c(NS(=O)(=O)c1ccc(C)c(F)c1)nn2Cc1cccc(CNC(C)=O)c1.O=C(O)C(F)(F)F. The number of aryl methyl sites for hydroxylation is 1. The molecule has 4 rings (SSSR count). The summed E-state index contributed by atoms with van der Waals surface area (Å²) in [6, 6.07) is 16.7. The van der Waals surface area contributed by atoms with Crippen LogP contribution >= 0.6 is 0 Å². The van der Waals surface area contributed by atoms with Crippen LogP contribution in [0.4, 0.5) is 23.4 Å². The Hall–Kier alpha value is -4.66. The second-order valence-electron chi connectivity index (χ2n) is 8.91. The zero-order valence-electron chi connectivity index (χ0n) is 22.5. The molecule has 224 valence electrons. The summed E-state index contributed by atoms with van der Waals surface area (Å²) in [7, 11) is -2.62. The number of halogens is 4. The van der Waals surface area contributed by atoms with Crippen LogP contribution in [0.3, 0.4) is 0 Å². The van der Waals surface area contributed by atoms with Crippen molar-refractivity contribution in [3.63, 3.8) is 0 Å². The smallest absolute Gasteiger partial charge is 0.490 e. The van der Waals surface area contributed by atoms with Crippen LogP contribution in [-0.4, -0.2) is 48.5 Å². The van der Waals surface area contributed by atoms with E-state index in [1.54, 1.807) is 23.7 Å². The van der Waals surface area contributed by atoms with Gasteiger partial charge < -0.3 is 15.2 Å². The van der Waals surface area contributed by atoms with Crippen molar-refractivity contribution in [2.75, 3.05) is 11.8 Å². The van der Waals surface area contributed by atoms with Gasteiger partial charge in [0.1, 0.15) is 11.6 Å². The van der Waals surface area contributed by atoms with Crippen LogP contribution in [0.1, 0.15) is 23.6 Å². The normalized spacial score (nSPS) is 11.4. The molecule has 42 heavy (non-hydrogen) atoms. The van der Waals surface area contributed by atoms with E-state index in [2.05, 4.69) is 15.1 Å². The molecule has 1 amide bonds. The predicted molar refractivity (Wildman–Crippen MR) is 145 cm³/mol. The molecule has 0 aliphatic carbocycles. The summed E-state index contributed by atoms with van der Waals surface area (Å²) in [6.45, 7) is 3.76. The summed E-state index contributed by atoms with van der Waals surface area (Å²) in [5.41, 5.74) is 2.84. The Bertz CT molecular complexity index is 1720. The molecule has 0 radical (unpaired) electrons. The molecule has 0 aliphatic rings. The van der Waals surface area contributed by atoms with Crippen LogP contribution in [0, 0.1) is 12.7 Å². The summed E-state index contributed by atoms with van der Waals surface area (Å²) < 4.78 is 81.5. The summed E-state index contributed by atoms with van der Waals surface area (Å²) in [4.78, 5) is 19.9. The fraction of sp³-hybridized carbons (Fsp3) is 0.222. The lowest BCUT2D eigenvalue weighted by Crippen LogP contribution is -2.21. The zero-order chi connectivity index (χ0) is 31.2. The second-order valence-corrected chi connectivity index (χ2v) is 10.6. The first kappa shape index (κ1) is 31.9. The molecule has 3 aromatic carbocycles.